The highest BCUT2D eigenvalue weighted by atomic mass is 14.3. The van der Waals surface area contributed by atoms with Gasteiger partial charge in [-0.25, -0.2) is 0 Å². The molecule has 0 aromatic heterocycles. The molecule has 2 nitrogen and oxygen atoms in total. The summed E-state index contributed by atoms with van der Waals surface area (Å²) in [5.41, 5.74) is 3.65. The first-order chi connectivity index (χ1) is 6.11. The Morgan fingerprint density at radius 1 is 1.31 bits per heavy atom. The van der Waals surface area contributed by atoms with Crippen molar-refractivity contribution in [1.82, 2.24) is 0 Å². The fraction of sp³-hybridized carbons (Fsp3) is 0.455. The monoisotopic (exact) mass is 172 g/mol. The van der Waals surface area contributed by atoms with Crippen LogP contribution in [0.2, 0.25) is 0 Å². The maximum atomic E-state index is 8.72. The molecule has 0 radical (unpaired) electrons. The molecular weight excluding hydrogens is 160 g/mol. The summed E-state index contributed by atoms with van der Waals surface area (Å²) in [6, 6.07) is 3.90. The maximum Gasteiger partial charge on any atom is 0.133 e. The van der Waals surface area contributed by atoms with E-state index in [9.17, 15) is 0 Å². The van der Waals surface area contributed by atoms with Gasteiger partial charge in [-0.2, -0.15) is 10.5 Å². The first kappa shape index (κ1) is 9.55. The molecule has 1 atom stereocenters. The van der Waals surface area contributed by atoms with E-state index in [2.05, 4.69) is 13.8 Å². The molecule has 0 fully saturated rings. The normalized spacial score (nSPS) is 21.3. The van der Waals surface area contributed by atoms with Crippen molar-refractivity contribution in [2.45, 2.75) is 27.2 Å². The van der Waals surface area contributed by atoms with Gasteiger partial charge in [0.05, 0.1) is 0 Å². The first-order valence-corrected chi connectivity index (χ1v) is 4.33. The molecule has 0 unspecified atom stereocenters. The molecule has 1 rings (SSSR count). The summed E-state index contributed by atoms with van der Waals surface area (Å²) in [5, 5.41) is 17.4. The van der Waals surface area contributed by atoms with Gasteiger partial charge in [0.15, 0.2) is 0 Å². The lowest BCUT2D eigenvalue weighted by Crippen LogP contribution is -1.89. The van der Waals surface area contributed by atoms with Gasteiger partial charge < -0.3 is 0 Å². The Balaban J connectivity index is 3.23. The minimum atomic E-state index is 0.279. The summed E-state index contributed by atoms with van der Waals surface area (Å²) in [6.07, 6.45) is 0.841. The largest absolute Gasteiger partial charge is 0.192 e. The van der Waals surface area contributed by atoms with Crippen LogP contribution in [0, 0.1) is 28.6 Å². The molecule has 0 saturated heterocycles. The number of nitrogens with zero attached hydrogens (tertiary/aromatic N) is 2. The van der Waals surface area contributed by atoms with Crippen molar-refractivity contribution < 1.29 is 0 Å². The summed E-state index contributed by atoms with van der Waals surface area (Å²) in [5.74, 6) is 0.478. The second-order valence-electron chi connectivity index (χ2n) is 3.49. The summed E-state index contributed by atoms with van der Waals surface area (Å²) in [7, 11) is 0. The van der Waals surface area contributed by atoms with E-state index in [1.165, 1.54) is 5.57 Å². The lowest BCUT2D eigenvalue weighted by atomic mass is 10.0. The van der Waals surface area contributed by atoms with Crippen LogP contribution in [0.25, 0.3) is 0 Å². The fourth-order valence-electron chi connectivity index (χ4n) is 1.67. The molecule has 0 saturated carbocycles. The number of hydrogen-bond acceptors (Lipinski definition) is 2. The van der Waals surface area contributed by atoms with Crippen LogP contribution in [0.5, 0.6) is 0 Å². The van der Waals surface area contributed by atoms with E-state index < -0.39 is 0 Å². The SMILES string of the molecule is CC1=C(C)[C@@H](C)CC1=C(C#N)C#N. The first-order valence-electron chi connectivity index (χ1n) is 4.33. The topological polar surface area (TPSA) is 47.6 Å². The molecule has 13 heavy (non-hydrogen) atoms. The quantitative estimate of drug-likeness (QED) is 0.527. The third kappa shape index (κ3) is 1.48. The molecule has 0 N–H and O–H groups in total. The van der Waals surface area contributed by atoms with Gasteiger partial charge in [-0.1, -0.05) is 12.5 Å². The third-order valence-electron chi connectivity index (χ3n) is 2.82. The summed E-state index contributed by atoms with van der Waals surface area (Å²) >= 11 is 0. The van der Waals surface area contributed by atoms with Crippen LogP contribution in [0.15, 0.2) is 22.3 Å². The molecule has 0 amide bonds. The number of nitriles is 2. The molecule has 1 aliphatic rings. The second-order valence-corrected chi connectivity index (χ2v) is 3.49. The van der Waals surface area contributed by atoms with Gasteiger partial charge in [0, 0.05) is 0 Å². The highest BCUT2D eigenvalue weighted by Crippen LogP contribution is 2.36. The smallest absolute Gasteiger partial charge is 0.133 e. The van der Waals surface area contributed by atoms with Gasteiger partial charge in [0.25, 0.3) is 0 Å². The summed E-state index contributed by atoms with van der Waals surface area (Å²) in [6.45, 7) is 6.18. The van der Waals surface area contributed by atoms with E-state index in [1.54, 1.807) is 0 Å². The van der Waals surface area contributed by atoms with E-state index in [0.29, 0.717) is 5.92 Å². The Kier molecular flexibility index (Phi) is 2.54. The third-order valence-corrected chi connectivity index (χ3v) is 2.82. The van der Waals surface area contributed by atoms with E-state index in [-0.39, 0.29) is 5.57 Å². The minimum absolute atomic E-state index is 0.279. The summed E-state index contributed by atoms with van der Waals surface area (Å²) in [4.78, 5) is 0. The van der Waals surface area contributed by atoms with Crippen molar-refractivity contribution >= 4 is 0 Å². The van der Waals surface area contributed by atoms with Crippen LogP contribution < -0.4 is 0 Å². The van der Waals surface area contributed by atoms with Crippen LogP contribution in [-0.4, -0.2) is 0 Å². The van der Waals surface area contributed by atoms with Gasteiger partial charge in [-0.15, -0.1) is 0 Å². The Hall–Kier alpha value is -1.54. The van der Waals surface area contributed by atoms with Crippen LogP contribution in [0.1, 0.15) is 27.2 Å². The van der Waals surface area contributed by atoms with Crippen molar-refractivity contribution in [1.29, 1.82) is 10.5 Å². The van der Waals surface area contributed by atoms with Gasteiger partial charge in [0.2, 0.25) is 0 Å². The minimum Gasteiger partial charge on any atom is -0.192 e. The fourth-order valence-corrected chi connectivity index (χ4v) is 1.67. The zero-order chi connectivity index (χ0) is 10.0. The second kappa shape index (κ2) is 3.46. The van der Waals surface area contributed by atoms with Crippen molar-refractivity contribution in [3.63, 3.8) is 0 Å². The summed E-state index contributed by atoms with van der Waals surface area (Å²) < 4.78 is 0. The predicted octanol–water partition coefficient (Wildman–Crippen LogP) is 2.71. The molecule has 1 aliphatic carbocycles. The number of hydrogen-bond donors (Lipinski definition) is 0. The standard InChI is InChI=1S/C11H12N2/c1-7-4-11(9(3)8(7)2)10(5-12)6-13/h7H,4H2,1-3H3/t7-/m0/s1. The molecule has 0 aromatic rings. The van der Waals surface area contributed by atoms with Crippen LogP contribution in [-0.2, 0) is 0 Å². The molecule has 0 heterocycles. The number of allylic oxidation sites excluding steroid dienone is 4. The zero-order valence-corrected chi connectivity index (χ0v) is 8.18. The van der Waals surface area contributed by atoms with E-state index >= 15 is 0 Å². The Morgan fingerprint density at radius 2 is 1.85 bits per heavy atom. The van der Waals surface area contributed by atoms with Gasteiger partial charge in [-0.05, 0) is 37.3 Å². The lowest BCUT2D eigenvalue weighted by Gasteiger charge is -2.00. The van der Waals surface area contributed by atoms with Crippen LogP contribution in [0.3, 0.4) is 0 Å². The van der Waals surface area contributed by atoms with E-state index in [4.69, 9.17) is 10.5 Å². The van der Waals surface area contributed by atoms with Crippen molar-refractivity contribution in [3.05, 3.63) is 22.3 Å². The number of rotatable bonds is 0. The molecule has 0 bridgehead atoms. The average Bonchev–Trinajstić information content (AvgIpc) is 2.36. The van der Waals surface area contributed by atoms with Crippen molar-refractivity contribution in [2.75, 3.05) is 0 Å². The molecular formula is C11H12N2. The van der Waals surface area contributed by atoms with Crippen LogP contribution in [0.4, 0.5) is 0 Å². The molecule has 66 valence electrons. The Morgan fingerprint density at radius 3 is 2.15 bits per heavy atom. The predicted molar refractivity (Wildman–Crippen MR) is 50.4 cm³/mol. The van der Waals surface area contributed by atoms with Gasteiger partial charge >= 0.3 is 0 Å². The van der Waals surface area contributed by atoms with Gasteiger partial charge in [0.1, 0.15) is 17.7 Å². The van der Waals surface area contributed by atoms with E-state index in [1.807, 2.05) is 19.1 Å². The van der Waals surface area contributed by atoms with Gasteiger partial charge in [-0.3, -0.25) is 0 Å². The average molecular weight is 172 g/mol. The molecule has 2 heteroatoms. The highest BCUT2D eigenvalue weighted by molar-refractivity contribution is 5.52. The Bertz CT molecular complexity index is 356. The lowest BCUT2D eigenvalue weighted by molar-refractivity contribution is 0.714. The van der Waals surface area contributed by atoms with Crippen molar-refractivity contribution in [3.8, 4) is 12.1 Å². The zero-order valence-electron chi connectivity index (χ0n) is 8.18. The van der Waals surface area contributed by atoms with Crippen molar-refractivity contribution in [2.24, 2.45) is 5.92 Å². The van der Waals surface area contributed by atoms with E-state index in [0.717, 1.165) is 17.6 Å². The highest BCUT2D eigenvalue weighted by Gasteiger charge is 2.22. The maximum absolute atomic E-state index is 8.72. The Labute approximate surface area is 78.8 Å². The molecule has 0 aromatic carbocycles. The molecule has 0 spiro atoms. The van der Waals surface area contributed by atoms with Crippen LogP contribution >= 0.6 is 0 Å². The molecule has 0 aliphatic heterocycles.